The van der Waals surface area contributed by atoms with Gasteiger partial charge in [0.05, 0.1) is 24.1 Å². The topological polar surface area (TPSA) is 97.7 Å². The standard InChI is InChI=1S/C29H21Cl2N3O5S/c1-39-28(37)17-7-10-21(11-8-17)32-26(35)16-33-14-19(22-4-2-3-5-24(22)33)12-25-27(36)34(29(38)40-25)15-18-6-9-20(30)13-23(18)31/h2-14H,15-16H2,1H3,(H,32,35)/b25-12-. The summed E-state index contributed by atoms with van der Waals surface area (Å²) in [6.07, 6.45) is 3.44. The van der Waals surface area contributed by atoms with Crippen LogP contribution in [0.25, 0.3) is 17.0 Å². The van der Waals surface area contributed by atoms with E-state index in [1.807, 2.05) is 24.3 Å². The highest BCUT2D eigenvalue weighted by molar-refractivity contribution is 8.18. The molecule has 1 N–H and O–H groups in total. The van der Waals surface area contributed by atoms with E-state index in [4.69, 9.17) is 27.9 Å². The van der Waals surface area contributed by atoms with Crippen molar-refractivity contribution in [2.75, 3.05) is 12.4 Å². The lowest BCUT2D eigenvalue weighted by molar-refractivity contribution is -0.123. The van der Waals surface area contributed by atoms with Crippen molar-refractivity contribution in [1.82, 2.24) is 9.47 Å². The van der Waals surface area contributed by atoms with Gasteiger partial charge in [-0.1, -0.05) is 47.5 Å². The van der Waals surface area contributed by atoms with Crippen LogP contribution in [0.15, 0.2) is 77.8 Å². The van der Waals surface area contributed by atoms with Gasteiger partial charge in [-0.2, -0.15) is 0 Å². The number of anilines is 1. The lowest BCUT2D eigenvalue weighted by Crippen LogP contribution is -2.27. The summed E-state index contributed by atoms with van der Waals surface area (Å²) in [5.41, 5.74) is 3.00. The smallest absolute Gasteiger partial charge is 0.337 e. The monoisotopic (exact) mass is 593 g/mol. The highest BCUT2D eigenvalue weighted by atomic mass is 35.5. The lowest BCUT2D eigenvalue weighted by Gasteiger charge is -2.13. The normalized spacial score (nSPS) is 14.3. The molecule has 202 valence electrons. The molecule has 1 aliphatic heterocycles. The molecule has 1 aliphatic rings. The summed E-state index contributed by atoms with van der Waals surface area (Å²) in [5, 5.41) is 4.07. The first-order chi connectivity index (χ1) is 19.2. The molecule has 1 saturated heterocycles. The van der Waals surface area contributed by atoms with Crippen LogP contribution in [-0.2, 0) is 27.4 Å². The fraction of sp³-hybridized carbons (Fsp3) is 0.103. The molecule has 3 amide bonds. The number of nitrogens with one attached hydrogen (secondary N) is 1. The van der Waals surface area contributed by atoms with Crippen LogP contribution in [0.2, 0.25) is 10.0 Å². The van der Waals surface area contributed by atoms with Crippen molar-refractivity contribution in [3.63, 3.8) is 0 Å². The molecule has 40 heavy (non-hydrogen) atoms. The van der Waals surface area contributed by atoms with Crippen LogP contribution in [0, 0.1) is 0 Å². The second-order valence-corrected chi connectivity index (χ2v) is 10.7. The molecule has 4 aromatic rings. The molecule has 0 saturated carbocycles. The number of nitrogens with zero attached hydrogens (tertiary/aromatic N) is 2. The van der Waals surface area contributed by atoms with Crippen molar-refractivity contribution in [3.8, 4) is 0 Å². The Labute approximate surface area is 243 Å². The van der Waals surface area contributed by atoms with Crippen molar-refractivity contribution in [2.45, 2.75) is 13.1 Å². The average molecular weight is 594 g/mol. The molecule has 0 spiro atoms. The lowest BCUT2D eigenvalue weighted by atomic mass is 10.1. The number of carbonyl (C=O) groups excluding carboxylic acids is 4. The van der Waals surface area contributed by atoms with E-state index >= 15 is 0 Å². The van der Waals surface area contributed by atoms with Crippen LogP contribution in [-0.4, -0.2) is 39.6 Å². The largest absolute Gasteiger partial charge is 0.465 e. The van der Waals surface area contributed by atoms with Crippen LogP contribution in [0.5, 0.6) is 0 Å². The molecule has 1 aromatic heterocycles. The van der Waals surface area contributed by atoms with Gasteiger partial charge in [-0.15, -0.1) is 0 Å². The van der Waals surface area contributed by atoms with Gasteiger partial charge in [0.1, 0.15) is 6.54 Å². The molecule has 0 radical (unpaired) electrons. The van der Waals surface area contributed by atoms with Crippen molar-refractivity contribution < 1.29 is 23.9 Å². The molecule has 8 nitrogen and oxygen atoms in total. The zero-order valence-corrected chi connectivity index (χ0v) is 23.3. The first-order valence-corrected chi connectivity index (χ1v) is 13.6. The van der Waals surface area contributed by atoms with Crippen LogP contribution in [0.4, 0.5) is 10.5 Å². The maximum Gasteiger partial charge on any atom is 0.337 e. The summed E-state index contributed by atoms with van der Waals surface area (Å²) in [5.74, 6) is -1.17. The Morgan fingerprint density at radius 3 is 2.50 bits per heavy atom. The maximum absolute atomic E-state index is 13.2. The number of aromatic nitrogens is 1. The van der Waals surface area contributed by atoms with E-state index in [0.29, 0.717) is 32.4 Å². The maximum atomic E-state index is 13.2. The van der Waals surface area contributed by atoms with Crippen LogP contribution >= 0.6 is 35.0 Å². The average Bonchev–Trinajstić information content (AvgIpc) is 3.41. The van der Waals surface area contributed by atoms with Gasteiger partial charge >= 0.3 is 5.97 Å². The number of ether oxygens (including phenoxy) is 1. The van der Waals surface area contributed by atoms with Crippen molar-refractivity contribution in [3.05, 3.63) is 105 Å². The van der Waals surface area contributed by atoms with Crippen molar-refractivity contribution >= 4 is 80.7 Å². The van der Waals surface area contributed by atoms with Gasteiger partial charge in [-0.3, -0.25) is 19.3 Å². The molecule has 3 aromatic carbocycles. The first kappa shape index (κ1) is 27.5. The molecule has 0 atom stereocenters. The number of rotatable bonds is 7. The number of halogens is 2. The summed E-state index contributed by atoms with van der Waals surface area (Å²) in [6.45, 7) is 0.0319. The van der Waals surface area contributed by atoms with Crippen LogP contribution in [0.1, 0.15) is 21.5 Å². The number of carbonyl (C=O) groups is 4. The Hall–Kier alpha value is -4.05. The molecule has 5 rings (SSSR count). The minimum Gasteiger partial charge on any atom is -0.465 e. The predicted molar refractivity (Wildman–Crippen MR) is 156 cm³/mol. The van der Waals surface area contributed by atoms with E-state index < -0.39 is 17.1 Å². The second kappa shape index (κ2) is 11.6. The fourth-order valence-corrected chi connectivity index (χ4v) is 5.58. The molecule has 1 fully saturated rings. The third-order valence-electron chi connectivity index (χ3n) is 6.23. The Morgan fingerprint density at radius 2 is 1.77 bits per heavy atom. The number of hydrogen-bond donors (Lipinski definition) is 1. The highest BCUT2D eigenvalue weighted by Crippen LogP contribution is 2.36. The van der Waals surface area contributed by atoms with E-state index in [1.165, 1.54) is 7.11 Å². The molecular formula is C29H21Cl2N3O5S. The summed E-state index contributed by atoms with van der Waals surface area (Å²) in [7, 11) is 1.30. The third kappa shape index (κ3) is 5.77. The Bertz CT molecular complexity index is 1700. The SMILES string of the molecule is COC(=O)c1ccc(NC(=O)Cn2cc(/C=C3\SC(=O)N(Cc4ccc(Cl)cc4Cl)C3=O)c3ccccc32)cc1. The van der Waals surface area contributed by atoms with E-state index in [0.717, 1.165) is 27.6 Å². The number of para-hydroxylation sites is 1. The fourth-order valence-electron chi connectivity index (χ4n) is 4.28. The number of benzene rings is 3. The van der Waals surface area contributed by atoms with Crippen LogP contribution in [0.3, 0.4) is 0 Å². The third-order valence-corrected chi connectivity index (χ3v) is 7.72. The Kier molecular flexibility index (Phi) is 7.97. The predicted octanol–water partition coefficient (Wildman–Crippen LogP) is 6.61. The van der Waals surface area contributed by atoms with Gasteiger partial charge in [-0.05, 0) is 65.9 Å². The number of fused-ring (bicyclic) bond motifs is 1. The molecular weight excluding hydrogens is 573 g/mol. The number of methoxy groups -OCH3 is 1. The van der Waals surface area contributed by atoms with Gasteiger partial charge in [0, 0.05) is 38.4 Å². The van der Waals surface area contributed by atoms with Gasteiger partial charge < -0.3 is 14.6 Å². The minimum atomic E-state index is -0.462. The first-order valence-electron chi connectivity index (χ1n) is 12.0. The number of hydrogen-bond acceptors (Lipinski definition) is 6. The molecule has 11 heteroatoms. The van der Waals surface area contributed by atoms with Gasteiger partial charge in [0.25, 0.3) is 11.1 Å². The summed E-state index contributed by atoms with van der Waals surface area (Å²) >= 11 is 13.1. The van der Waals surface area contributed by atoms with E-state index in [2.05, 4.69) is 5.32 Å². The van der Waals surface area contributed by atoms with Crippen LogP contribution < -0.4 is 5.32 Å². The van der Waals surface area contributed by atoms with Gasteiger partial charge in [0.15, 0.2) is 0 Å². The van der Waals surface area contributed by atoms with Gasteiger partial charge in [0.2, 0.25) is 5.91 Å². The highest BCUT2D eigenvalue weighted by Gasteiger charge is 2.35. The zero-order valence-electron chi connectivity index (χ0n) is 21.0. The number of imide groups is 1. The van der Waals surface area contributed by atoms with Gasteiger partial charge in [-0.25, -0.2) is 4.79 Å². The number of esters is 1. The van der Waals surface area contributed by atoms with Crippen molar-refractivity contribution in [2.24, 2.45) is 0 Å². The van der Waals surface area contributed by atoms with E-state index in [1.54, 1.807) is 59.3 Å². The molecule has 0 aliphatic carbocycles. The Morgan fingerprint density at radius 1 is 1.02 bits per heavy atom. The quantitative estimate of drug-likeness (QED) is 0.191. The van der Waals surface area contributed by atoms with E-state index in [9.17, 15) is 19.2 Å². The molecule has 0 unspecified atom stereocenters. The summed E-state index contributed by atoms with van der Waals surface area (Å²) < 4.78 is 6.47. The summed E-state index contributed by atoms with van der Waals surface area (Å²) in [6, 6.07) is 18.8. The van der Waals surface area contributed by atoms with Crippen molar-refractivity contribution in [1.29, 1.82) is 0 Å². The van der Waals surface area contributed by atoms with E-state index in [-0.39, 0.29) is 23.9 Å². The summed E-state index contributed by atoms with van der Waals surface area (Å²) in [4.78, 5) is 51.8. The molecule has 2 heterocycles. The zero-order chi connectivity index (χ0) is 28.4. The minimum absolute atomic E-state index is 0.00362. The number of thioether (sulfide) groups is 1. The Balaban J connectivity index is 1.35. The molecule has 0 bridgehead atoms. The second-order valence-electron chi connectivity index (χ2n) is 8.85. The number of amides is 3.